The molecule has 0 N–H and O–H groups in total. The van der Waals surface area contributed by atoms with Crippen LogP contribution in [-0.4, -0.2) is 18.6 Å². The highest BCUT2D eigenvalue weighted by atomic mass is 16.5. The first-order valence-corrected chi connectivity index (χ1v) is 7.16. The lowest BCUT2D eigenvalue weighted by atomic mass is 9.99. The van der Waals surface area contributed by atoms with Gasteiger partial charge in [-0.3, -0.25) is 4.90 Å². The Morgan fingerprint density at radius 3 is 2.76 bits per heavy atom. The predicted octanol–water partition coefficient (Wildman–Crippen LogP) is 3.13. The first-order valence-electron chi connectivity index (χ1n) is 7.16. The van der Waals surface area contributed by atoms with Crippen molar-refractivity contribution in [2.75, 3.05) is 13.7 Å². The van der Waals surface area contributed by atoms with E-state index in [4.69, 9.17) is 10.00 Å². The van der Waals surface area contributed by atoms with Crippen LogP contribution in [0.3, 0.4) is 0 Å². The Balaban J connectivity index is 1.75. The molecule has 0 amide bonds. The maximum atomic E-state index is 9.03. The highest BCUT2D eigenvalue weighted by Gasteiger charge is 2.16. The van der Waals surface area contributed by atoms with Gasteiger partial charge in [-0.1, -0.05) is 30.3 Å². The van der Waals surface area contributed by atoms with Crippen molar-refractivity contribution in [1.82, 2.24) is 4.90 Å². The summed E-state index contributed by atoms with van der Waals surface area (Å²) in [5.74, 6) is 0.660. The molecule has 0 saturated carbocycles. The fourth-order valence-corrected chi connectivity index (χ4v) is 2.87. The van der Waals surface area contributed by atoms with Gasteiger partial charge in [-0.15, -0.1) is 0 Å². The van der Waals surface area contributed by atoms with E-state index in [-0.39, 0.29) is 0 Å². The molecule has 0 aliphatic carbocycles. The molecule has 3 rings (SSSR count). The van der Waals surface area contributed by atoms with Crippen LogP contribution >= 0.6 is 0 Å². The van der Waals surface area contributed by atoms with Crippen LogP contribution in [0.15, 0.2) is 42.5 Å². The van der Waals surface area contributed by atoms with Crippen LogP contribution in [0.1, 0.15) is 22.3 Å². The maximum absolute atomic E-state index is 9.03. The highest BCUT2D eigenvalue weighted by molar-refractivity contribution is 5.45. The van der Waals surface area contributed by atoms with Gasteiger partial charge in [-0.05, 0) is 35.2 Å². The largest absolute Gasteiger partial charge is 0.495 e. The molecule has 3 nitrogen and oxygen atoms in total. The first-order chi connectivity index (χ1) is 10.3. The van der Waals surface area contributed by atoms with Gasteiger partial charge in [-0.25, -0.2) is 0 Å². The van der Waals surface area contributed by atoms with Crippen LogP contribution < -0.4 is 4.74 Å². The number of nitrogens with zero attached hydrogens (tertiary/aromatic N) is 2. The van der Waals surface area contributed by atoms with Gasteiger partial charge in [0.1, 0.15) is 11.8 Å². The molecule has 2 aromatic rings. The van der Waals surface area contributed by atoms with Gasteiger partial charge in [0, 0.05) is 19.6 Å². The Hall–Kier alpha value is -2.31. The van der Waals surface area contributed by atoms with E-state index in [1.54, 1.807) is 7.11 Å². The van der Waals surface area contributed by atoms with Gasteiger partial charge in [0.15, 0.2) is 0 Å². The molecule has 1 heterocycles. The minimum Gasteiger partial charge on any atom is -0.495 e. The molecule has 2 aromatic carbocycles. The van der Waals surface area contributed by atoms with Gasteiger partial charge in [-0.2, -0.15) is 5.26 Å². The average molecular weight is 278 g/mol. The average Bonchev–Trinajstić information content (AvgIpc) is 2.54. The summed E-state index contributed by atoms with van der Waals surface area (Å²) in [6, 6.07) is 16.6. The topological polar surface area (TPSA) is 36.3 Å². The summed E-state index contributed by atoms with van der Waals surface area (Å²) in [7, 11) is 1.61. The van der Waals surface area contributed by atoms with Crippen molar-refractivity contribution in [3.8, 4) is 11.8 Å². The lowest BCUT2D eigenvalue weighted by Gasteiger charge is -2.28. The number of methoxy groups -OCH3 is 1. The van der Waals surface area contributed by atoms with E-state index in [0.29, 0.717) is 11.3 Å². The van der Waals surface area contributed by atoms with E-state index in [1.165, 1.54) is 16.7 Å². The quantitative estimate of drug-likeness (QED) is 0.865. The van der Waals surface area contributed by atoms with Crippen molar-refractivity contribution >= 4 is 0 Å². The molecular weight excluding hydrogens is 260 g/mol. The number of rotatable bonds is 3. The van der Waals surface area contributed by atoms with Crippen LogP contribution in [0, 0.1) is 11.3 Å². The van der Waals surface area contributed by atoms with Gasteiger partial charge >= 0.3 is 0 Å². The number of fused-ring (bicyclic) bond motifs is 1. The second-order valence-electron chi connectivity index (χ2n) is 5.38. The van der Waals surface area contributed by atoms with Crippen LogP contribution in [0.4, 0.5) is 0 Å². The number of hydrogen-bond donors (Lipinski definition) is 0. The van der Waals surface area contributed by atoms with Gasteiger partial charge in [0.05, 0.1) is 12.7 Å². The third kappa shape index (κ3) is 2.91. The number of nitriles is 1. The van der Waals surface area contributed by atoms with Gasteiger partial charge in [0.2, 0.25) is 0 Å². The second-order valence-corrected chi connectivity index (χ2v) is 5.38. The monoisotopic (exact) mass is 278 g/mol. The van der Waals surface area contributed by atoms with Crippen molar-refractivity contribution in [2.24, 2.45) is 0 Å². The summed E-state index contributed by atoms with van der Waals surface area (Å²) in [5, 5.41) is 9.03. The van der Waals surface area contributed by atoms with E-state index in [1.807, 2.05) is 18.2 Å². The Morgan fingerprint density at radius 2 is 2.00 bits per heavy atom. The number of benzene rings is 2. The number of hydrogen-bond acceptors (Lipinski definition) is 3. The summed E-state index contributed by atoms with van der Waals surface area (Å²) in [5.41, 5.74) is 4.66. The highest BCUT2D eigenvalue weighted by Crippen LogP contribution is 2.23. The van der Waals surface area contributed by atoms with E-state index in [2.05, 4.69) is 35.2 Å². The third-order valence-electron chi connectivity index (χ3n) is 4.00. The molecule has 0 bridgehead atoms. The fourth-order valence-electron chi connectivity index (χ4n) is 2.87. The molecule has 1 aliphatic rings. The Labute approximate surface area is 125 Å². The van der Waals surface area contributed by atoms with Crippen molar-refractivity contribution in [2.45, 2.75) is 19.5 Å². The molecule has 1 aliphatic heterocycles. The van der Waals surface area contributed by atoms with E-state index in [9.17, 15) is 0 Å². The summed E-state index contributed by atoms with van der Waals surface area (Å²) < 4.78 is 5.28. The Bertz CT molecular complexity index is 688. The maximum Gasteiger partial charge on any atom is 0.136 e. The molecule has 0 saturated heterocycles. The SMILES string of the molecule is COc1cc(CN2CCc3ccccc3C2)ccc1C#N. The van der Waals surface area contributed by atoms with Crippen molar-refractivity contribution in [1.29, 1.82) is 5.26 Å². The molecule has 3 heteroatoms. The van der Waals surface area contributed by atoms with Crippen molar-refractivity contribution in [3.63, 3.8) is 0 Å². The van der Waals surface area contributed by atoms with Crippen molar-refractivity contribution < 1.29 is 4.74 Å². The van der Waals surface area contributed by atoms with Crippen LogP contribution in [0.25, 0.3) is 0 Å². The van der Waals surface area contributed by atoms with Crippen LogP contribution in [0.2, 0.25) is 0 Å². The summed E-state index contributed by atoms with van der Waals surface area (Å²) >= 11 is 0. The molecule has 0 fully saturated rings. The van der Waals surface area contributed by atoms with Crippen molar-refractivity contribution in [3.05, 3.63) is 64.7 Å². The zero-order valence-electron chi connectivity index (χ0n) is 12.2. The minimum absolute atomic E-state index is 0.588. The second kappa shape index (κ2) is 5.99. The third-order valence-corrected chi connectivity index (χ3v) is 4.00. The predicted molar refractivity (Wildman–Crippen MR) is 82.0 cm³/mol. The first kappa shape index (κ1) is 13.7. The standard InChI is InChI=1S/C18H18N2O/c1-21-18-10-14(6-7-16(18)11-19)12-20-9-8-15-4-2-3-5-17(15)13-20/h2-7,10H,8-9,12-13H2,1H3. The zero-order chi connectivity index (χ0) is 14.7. The van der Waals surface area contributed by atoms with Crippen LogP contribution in [0.5, 0.6) is 5.75 Å². The van der Waals surface area contributed by atoms with Gasteiger partial charge in [0.25, 0.3) is 0 Å². The molecule has 0 unspecified atom stereocenters. The molecule has 0 radical (unpaired) electrons. The van der Waals surface area contributed by atoms with Gasteiger partial charge < -0.3 is 4.74 Å². The molecule has 0 aromatic heterocycles. The Kier molecular flexibility index (Phi) is 3.89. The lowest BCUT2D eigenvalue weighted by Crippen LogP contribution is -2.29. The normalized spacial score (nSPS) is 14.3. The molecule has 0 atom stereocenters. The van der Waals surface area contributed by atoms with Crippen LogP contribution in [-0.2, 0) is 19.5 Å². The lowest BCUT2D eigenvalue weighted by molar-refractivity contribution is 0.245. The zero-order valence-corrected chi connectivity index (χ0v) is 12.2. The minimum atomic E-state index is 0.588. The Morgan fingerprint density at radius 1 is 1.19 bits per heavy atom. The molecular formula is C18H18N2O. The summed E-state index contributed by atoms with van der Waals surface area (Å²) in [4.78, 5) is 2.43. The summed E-state index contributed by atoms with van der Waals surface area (Å²) in [6.07, 6.45) is 1.10. The number of ether oxygens (including phenoxy) is 1. The van der Waals surface area contributed by atoms with E-state index < -0.39 is 0 Å². The van der Waals surface area contributed by atoms with E-state index >= 15 is 0 Å². The summed E-state index contributed by atoms with van der Waals surface area (Å²) in [6.45, 7) is 2.94. The molecule has 21 heavy (non-hydrogen) atoms. The fraction of sp³-hybridized carbons (Fsp3) is 0.278. The molecule has 106 valence electrons. The molecule has 0 spiro atoms. The smallest absolute Gasteiger partial charge is 0.136 e. The van der Waals surface area contributed by atoms with E-state index in [0.717, 1.165) is 26.1 Å².